The summed E-state index contributed by atoms with van der Waals surface area (Å²) in [5.41, 5.74) is 0. The van der Waals surface area contributed by atoms with Crippen LogP contribution < -0.4 is 5.32 Å². The molecule has 0 amide bonds. The van der Waals surface area contributed by atoms with E-state index in [1.165, 1.54) is 44.9 Å². The van der Waals surface area contributed by atoms with Gasteiger partial charge >= 0.3 is 0 Å². The quantitative estimate of drug-likeness (QED) is 0.640. The summed E-state index contributed by atoms with van der Waals surface area (Å²) in [6.07, 6.45) is 12.4. The van der Waals surface area contributed by atoms with Crippen molar-refractivity contribution in [3.63, 3.8) is 0 Å². The highest BCUT2D eigenvalue weighted by Gasteiger charge is 2.26. The van der Waals surface area contributed by atoms with Gasteiger partial charge in [0.2, 0.25) is 0 Å². The number of hydrogen-bond donors (Lipinski definition) is 1. The van der Waals surface area contributed by atoms with E-state index in [9.17, 15) is 0 Å². The molecule has 0 spiro atoms. The van der Waals surface area contributed by atoms with Gasteiger partial charge in [-0.25, -0.2) is 0 Å². The number of piperidine rings is 1. The molecule has 21 heavy (non-hydrogen) atoms. The van der Waals surface area contributed by atoms with E-state index in [1.807, 2.05) is 7.05 Å². The van der Waals surface area contributed by atoms with Crippen molar-refractivity contribution >= 4 is 5.96 Å². The average Bonchev–Trinajstić information content (AvgIpc) is 2.98. The van der Waals surface area contributed by atoms with Gasteiger partial charge in [-0.05, 0) is 50.9 Å². The normalized spacial score (nSPS) is 26.1. The standard InChI is InChI=1S/C17H31N3O/c1-18-17(19-15-7-4-8-15)20-11-9-16(10-12-20)21-13-14-5-2-3-6-14/h14-16H,2-13H2,1H3,(H,18,19). The Kier molecular flexibility index (Phi) is 5.39. The van der Waals surface area contributed by atoms with Crippen LogP contribution in [0.25, 0.3) is 0 Å². The number of nitrogens with zero attached hydrogens (tertiary/aromatic N) is 2. The van der Waals surface area contributed by atoms with Gasteiger partial charge < -0.3 is 15.0 Å². The van der Waals surface area contributed by atoms with E-state index in [-0.39, 0.29) is 0 Å². The van der Waals surface area contributed by atoms with Gasteiger partial charge in [0.15, 0.2) is 5.96 Å². The summed E-state index contributed by atoms with van der Waals surface area (Å²) in [4.78, 5) is 6.87. The number of ether oxygens (including phenoxy) is 1. The largest absolute Gasteiger partial charge is 0.378 e. The summed E-state index contributed by atoms with van der Waals surface area (Å²) in [7, 11) is 1.91. The summed E-state index contributed by atoms with van der Waals surface area (Å²) >= 11 is 0. The van der Waals surface area contributed by atoms with Crippen LogP contribution in [0.1, 0.15) is 57.8 Å². The van der Waals surface area contributed by atoms with E-state index in [0.717, 1.165) is 44.4 Å². The maximum atomic E-state index is 6.16. The van der Waals surface area contributed by atoms with Crippen LogP contribution in [-0.2, 0) is 4.74 Å². The summed E-state index contributed by atoms with van der Waals surface area (Å²) in [5.74, 6) is 1.95. The maximum Gasteiger partial charge on any atom is 0.193 e. The van der Waals surface area contributed by atoms with Crippen molar-refractivity contribution < 1.29 is 4.74 Å². The van der Waals surface area contributed by atoms with Gasteiger partial charge in [0.05, 0.1) is 6.10 Å². The van der Waals surface area contributed by atoms with Crippen molar-refractivity contribution in [3.05, 3.63) is 0 Å². The van der Waals surface area contributed by atoms with E-state index >= 15 is 0 Å². The van der Waals surface area contributed by atoms with E-state index in [0.29, 0.717) is 12.1 Å². The van der Waals surface area contributed by atoms with Crippen LogP contribution in [0.4, 0.5) is 0 Å². The lowest BCUT2D eigenvalue weighted by atomic mass is 9.93. The molecule has 1 aliphatic heterocycles. The van der Waals surface area contributed by atoms with Gasteiger partial charge in [0.1, 0.15) is 0 Å². The van der Waals surface area contributed by atoms with E-state index in [4.69, 9.17) is 4.74 Å². The molecule has 0 atom stereocenters. The number of aliphatic imine (C=N–C) groups is 1. The van der Waals surface area contributed by atoms with Crippen LogP contribution in [0.15, 0.2) is 4.99 Å². The third-order valence-electron chi connectivity index (χ3n) is 5.43. The van der Waals surface area contributed by atoms with Crippen molar-refractivity contribution in [1.82, 2.24) is 10.2 Å². The summed E-state index contributed by atoms with van der Waals surface area (Å²) in [5, 5.41) is 3.60. The van der Waals surface area contributed by atoms with Crippen LogP contribution in [0.2, 0.25) is 0 Å². The molecule has 0 aromatic carbocycles. The lowest BCUT2D eigenvalue weighted by Gasteiger charge is -2.37. The first kappa shape index (κ1) is 15.1. The molecule has 1 heterocycles. The molecule has 0 unspecified atom stereocenters. The number of rotatable bonds is 4. The molecule has 120 valence electrons. The van der Waals surface area contributed by atoms with Gasteiger partial charge in [-0.3, -0.25) is 4.99 Å². The van der Waals surface area contributed by atoms with Crippen molar-refractivity contribution in [2.75, 3.05) is 26.7 Å². The minimum atomic E-state index is 0.476. The van der Waals surface area contributed by atoms with Crippen molar-refractivity contribution in [3.8, 4) is 0 Å². The lowest BCUT2D eigenvalue weighted by molar-refractivity contribution is 0.000871. The molecule has 0 radical (unpaired) electrons. The highest BCUT2D eigenvalue weighted by Crippen LogP contribution is 2.26. The third kappa shape index (κ3) is 4.12. The molecule has 3 fully saturated rings. The molecule has 4 heteroatoms. The highest BCUT2D eigenvalue weighted by atomic mass is 16.5. The van der Waals surface area contributed by atoms with Gasteiger partial charge in [0, 0.05) is 32.8 Å². The molecule has 1 N–H and O–H groups in total. The molecule has 0 aromatic heterocycles. The first-order valence-corrected chi connectivity index (χ1v) is 8.95. The molecule has 3 aliphatic rings. The fraction of sp³-hybridized carbons (Fsp3) is 0.941. The van der Waals surface area contributed by atoms with Crippen LogP contribution >= 0.6 is 0 Å². The summed E-state index contributed by atoms with van der Waals surface area (Å²) < 4.78 is 6.16. The molecule has 2 saturated carbocycles. The molecule has 0 aromatic rings. The van der Waals surface area contributed by atoms with Crippen molar-refractivity contribution in [2.24, 2.45) is 10.9 Å². The van der Waals surface area contributed by atoms with Crippen LogP contribution in [0.5, 0.6) is 0 Å². The van der Waals surface area contributed by atoms with Gasteiger partial charge in [-0.2, -0.15) is 0 Å². The summed E-state index contributed by atoms with van der Waals surface area (Å²) in [6, 6.07) is 0.667. The van der Waals surface area contributed by atoms with Crippen molar-refractivity contribution in [1.29, 1.82) is 0 Å². The van der Waals surface area contributed by atoms with Crippen LogP contribution in [0.3, 0.4) is 0 Å². The van der Waals surface area contributed by atoms with E-state index < -0.39 is 0 Å². The second kappa shape index (κ2) is 7.48. The van der Waals surface area contributed by atoms with Gasteiger partial charge in [-0.1, -0.05) is 12.8 Å². The third-order valence-corrected chi connectivity index (χ3v) is 5.43. The molecule has 2 aliphatic carbocycles. The first-order chi connectivity index (χ1) is 10.3. The Bertz CT molecular complexity index is 340. The minimum Gasteiger partial charge on any atom is -0.378 e. The molecule has 4 nitrogen and oxygen atoms in total. The monoisotopic (exact) mass is 293 g/mol. The van der Waals surface area contributed by atoms with Crippen LogP contribution in [-0.4, -0.2) is 49.7 Å². The van der Waals surface area contributed by atoms with Crippen LogP contribution in [0, 0.1) is 5.92 Å². The molecule has 3 rings (SSSR count). The summed E-state index contributed by atoms with van der Waals surface area (Å²) in [6.45, 7) is 3.17. The zero-order valence-corrected chi connectivity index (χ0v) is 13.5. The second-order valence-corrected chi connectivity index (χ2v) is 6.99. The van der Waals surface area contributed by atoms with Gasteiger partial charge in [-0.15, -0.1) is 0 Å². The molecule has 0 bridgehead atoms. The molecule has 1 saturated heterocycles. The number of hydrogen-bond acceptors (Lipinski definition) is 2. The fourth-order valence-electron chi connectivity index (χ4n) is 3.72. The predicted molar refractivity (Wildman–Crippen MR) is 86.6 cm³/mol. The van der Waals surface area contributed by atoms with Crippen molar-refractivity contribution in [2.45, 2.75) is 69.9 Å². The lowest BCUT2D eigenvalue weighted by Crippen LogP contribution is -2.51. The smallest absolute Gasteiger partial charge is 0.193 e. The maximum absolute atomic E-state index is 6.16. The van der Waals surface area contributed by atoms with Gasteiger partial charge in [0.25, 0.3) is 0 Å². The minimum absolute atomic E-state index is 0.476. The Balaban J connectivity index is 1.37. The Labute approximate surface area is 129 Å². The number of guanidine groups is 1. The second-order valence-electron chi connectivity index (χ2n) is 6.99. The predicted octanol–water partition coefficient (Wildman–Crippen LogP) is 2.79. The topological polar surface area (TPSA) is 36.9 Å². The molecular weight excluding hydrogens is 262 g/mol. The highest BCUT2D eigenvalue weighted by molar-refractivity contribution is 5.80. The Hall–Kier alpha value is -0.770. The first-order valence-electron chi connectivity index (χ1n) is 8.95. The fourth-order valence-corrected chi connectivity index (χ4v) is 3.72. The average molecular weight is 293 g/mol. The SMILES string of the molecule is CN=C(NC1CCC1)N1CCC(OCC2CCCC2)CC1. The molecular formula is C17H31N3O. The zero-order chi connectivity index (χ0) is 14.5. The Morgan fingerprint density at radius 1 is 1.05 bits per heavy atom. The zero-order valence-electron chi connectivity index (χ0n) is 13.5. The Morgan fingerprint density at radius 3 is 2.33 bits per heavy atom. The van der Waals surface area contributed by atoms with E-state index in [2.05, 4.69) is 15.2 Å². The number of likely N-dealkylation sites (tertiary alicyclic amines) is 1. The Morgan fingerprint density at radius 2 is 1.76 bits per heavy atom. The van der Waals surface area contributed by atoms with E-state index in [1.54, 1.807) is 0 Å². The number of nitrogens with one attached hydrogen (secondary N) is 1.